The van der Waals surface area contributed by atoms with Crippen LogP contribution in [0.5, 0.6) is 0 Å². The number of hydrogen-bond acceptors (Lipinski definition) is 4. The second-order valence-electron chi connectivity index (χ2n) is 8.05. The summed E-state index contributed by atoms with van der Waals surface area (Å²) in [4.78, 5) is 14.6. The highest BCUT2D eigenvalue weighted by atomic mass is 35.5. The Hall–Kier alpha value is -1.63. The lowest BCUT2D eigenvalue weighted by molar-refractivity contribution is -0.135. The molecule has 1 aliphatic carbocycles. The number of halogens is 1. The molecule has 0 radical (unpaired) electrons. The lowest BCUT2D eigenvalue weighted by atomic mass is 9.88. The van der Waals surface area contributed by atoms with Crippen molar-refractivity contribution in [2.45, 2.75) is 24.9 Å². The molecule has 2 aliphatic heterocycles. The summed E-state index contributed by atoms with van der Waals surface area (Å²) in [5.74, 6) is 0.894. The minimum Gasteiger partial charge on any atom is -0.385 e. The first kappa shape index (κ1) is 16.5. The number of carbonyl (C=O) groups excluding carboxylic acids is 1. The van der Waals surface area contributed by atoms with Gasteiger partial charge in [-0.2, -0.15) is 5.10 Å². The zero-order valence-electron chi connectivity index (χ0n) is 14.4. The monoisotopic (exact) mass is 375 g/mol. The van der Waals surface area contributed by atoms with Crippen molar-refractivity contribution in [2.75, 3.05) is 26.3 Å². The maximum atomic E-state index is 12.6. The van der Waals surface area contributed by atoms with Crippen molar-refractivity contribution < 1.29 is 14.6 Å². The van der Waals surface area contributed by atoms with Gasteiger partial charge >= 0.3 is 0 Å². The quantitative estimate of drug-likeness (QED) is 0.844. The minimum atomic E-state index is -0.909. The van der Waals surface area contributed by atoms with Gasteiger partial charge in [-0.05, 0) is 48.8 Å². The zero-order valence-corrected chi connectivity index (χ0v) is 15.2. The molecular weight excluding hydrogens is 354 g/mol. The van der Waals surface area contributed by atoms with Crippen LogP contribution in [0.2, 0.25) is 5.02 Å². The molecule has 0 spiro atoms. The third kappa shape index (κ3) is 2.54. The topological polar surface area (TPSA) is 78.5 Å². The predicted molar refractivity (Wildman–Crippen MR) is 96.7 cm³/mol. The van der Waals surface area contributed by atoms with Gasteiger partial charge in [0, 0.05) is 30.1 Å². The van der Waals surface area contributed by atoms with E-state index in [1.165, 1.54) is 0 Å². The molecule has 4 atom stereocenters. The minimum absolute atomic E-state index is 0.0196. The first-order valence-electron chi connectivity index (χ1n) is 9.25. The number of carbonyl (C=O) groups is 1. The number of H-pyrrole nitrogens is 1. The molecule has 7 heteroatoms. The first-order valence-corrected chi connectivity index (χ1v) is 9.63. The van der Waals surface area contributed by atoms with Crippen LogP contribution in [0.15, 0.2) is 18.3 Å². The van der Waals surface area contributed by atoms with Gasteiger partial charge in [-0.3, -0.25) is 9.89 Å². The van der Waals surface area contributed by atoms with E-state index in [0.717, 1.165) is 36.0 Å². The number of benzene rings is 1. The van der Waals surface area contributed by atoms with E-state index in [0.29, 0.717) is 42.9 Å². The van der Waals surface area contributed by atoms with Gasteiger partial charge in [0.1, 0.15) is 0 Å². The highest BCUT2D eigenvalue weighted by Crippen LogP contribution is 2.50. The molecule has 0 bridgehead atoms. The molecule has 2 saturated heterocycles. The van der Waals surface area contributed by atoms with Crippen molar-refractivity contribution in [3.63, 3.8) is 0 Å². The van der Waals surface area contributed by atoms with Gasteiger partial charge in [-0.25, -0.2) is 0 Å². The van der Waals surface area contributed by atoms with Gasteiger partial charge in [0.2, 0.25) is 5.91 Å². The molecule has 1 aromatic heterocycles. The van der Waals surface area contributed by atoms with Crippen molar-refractivity contribution in [1.82, 2.24) is 15.1 Å². The molecule has 2 N–H and O–H groups in total. The highest BCUT2D eigenvalue weighted by molar-refractivity contribution is 6.31. The van der Waals surface area contributed by atoms with E-state index in [-0.39, 0.29) is 11.8 Å². The fraction of sp³-hybridized carbons (Fsp3) is 0.579. The molecule has 138 valence electrons. The Morgan fingerprint density at radius 1 is 1.35 bits per heavy atom. The number of aromatic amines is 1. The Bertz CT molecular complexity index is 847. The molecule has 3 aliphatic rings. The smallest absolute Gasteiger partial charge is 0.228 e. The van der Waals surface area contributed by atoms with E-state index in [1.54, 1.807) is 6.20 Å². The molecule has 2 aromatic rings. The lowest BCUT2D eigenvalue weighted by Gasteiger charge is -2.28. The van der Waals surface area contributed by atoms with Crippen molar-refractivity contribution in [2.24, 2.45) is 17.8 Å². The van der Waals surface area contributed by atoms with Crippen molar-refractivity contribution in [1.29, 1.82) is 0 Å². The fourth-order valence-electron chi connectivity index (χ4n) is 5.14. The first-order chi connectivity index (χ1) is 12.5. The van der Waals surface area contributed by atoms with E-state index >= 15 is 0 Å². The number of hydrogen-bond donors (Lipinski definition) is 2. The SMILES string of the molecule is O=C(C1CCOC1)N1C[C@@H]2CC(O)(c3cc(Cl)cc4[nH]ncc34)C[C@@H]2C1. The molecule has 1 aromatic carbocycles. The fourth-order valence-corrected chi connectivity index (χ4v) is 5.36. The average Bonchev–Trinajstić information content (AvgIpc) is 3.36. The number of nitrogens with zero attached hydrogens (tertiary/aromatic N) is 2. The summed E-state index contributed by atoms with van der Waals surface area (Å²) in [5.41, 5.74) is 0.787. The van der Waals surface area contributed by atoms with E-state index < -0.39 is 5.60 Å². The van der Waals surface area contributed by atoms with Crippen molar-refractivity contribution in [3.8, 4) is 0 Å². The molecule has 3 heterocycles. The van der Waals surface area contributed by atoms with Crippen LogP contribution in [0.25, 0.3) is 10.9 Å². The van der Waals surface area contributed by atoms with Crippen LogP contribution < -0.4 is 0 Å². The number of ether oxygens (including phenoxy) is 1. The Morgan fingerprint density at radius 3 is 2.81 bits per heavy atom. The zero-order chi connectivity index (χ0) is 17.9. The Kier molecular flexibility index (Phi) is 3.78. The second-order valence-corrected chi connectivity index (χ2v) is 8.48. The van der Waals surface area contributed by atoms with Crippen molar-refractivity contribution in [3.05, 3.63) is 28.9 Å². The summed E-state index contributed by atoms with van der Waals surface area (Å²) < 4.78 is 5.36. The van der Waals surface area contributed by atoms with Crippen LogP contribution in [0.4, 0.5) is 0 Å². The summed E-state index contributed by atoms with van der Waals surface area (Å²) in [6.07, 6.45) is 3.89. The Labute approximate surface area is 156 Å². The number of rotatable bonds is 2. The van der Waals surface area contributed by atoms with Crippen molar-refractivity contribution >= 4 is 28.4 Å². The number of fused-ring (bicyclic) bond motifs is 2. The molecule has 1 saturated carbocycles. The van der Waals surface area contributed by atoms with Gasteiger partial charge in [-0.15, -0.1) is 0 Å². The predicted octanol–water partition coefficient (Wildman–Crippen LogP) is 2.31. The summed E-state index contributed by atoms with van der Waals surface area (Å²) in [6, 6.07) is 3.69. The molecule has 1 amide bonds. The second kappa shape index (κ2) is 5.94. The molecule has 3 fully saturated rings. The van der Waals surface area contributed by atoms with Crippen LogP contribution in [0, 0.1) is 17.8 Å². The lowest BCUT2D eigenvalue weighted by Crippen LogP contribution is -2.36. The van der Waals surface area contributed by atoms with Crippen LogP contribution in [0.1, 0.15) is 24.8 Å². The normalized spacial score (nSPS) is 33.9. The number of likely N-dealkylation sites (tertiary alicyclic amines) is 1. The maximum Gasteiger partial charge on any atom is 0.228 e. The third-order valence-electron chi connectivity index (χ3n) is 6.39. The summed E-state index contributed by atoms with van der Waals surface area (Å²) in [5, 5.41) is 20.0. The van der Waals surface area contributed by atoms with Gasteiger partial charge in [-0.1, -0.05) is 11.6 Å². The molecule has 26 heavy (non-hydrogen) atoms. The molecule has 6 nitrogen and oxygen atoms in total. The maximum absolute atomic E-state index is 12.6. The summed E-state index contributed by atoms with van der Waals surface area (Å²) >= 11 is 6.26. The number of aliphatic hydroxyl groups is 1. The van der Waals surface area contributed by atoms with Crippen LogP contribution in [0.3, 0.4) is 0 Å². The van der Waals surface area contributed by atoms with E-state index in [1.807, 2.05) is 17.0 Å². The molecular formula is C19H22ClN3O3. The van der Waals surface area contributed by atoms with Gasteiger partial charge in [0.15, 0.2) is 0 Å². The highest BCUT2D eigenvalue weighted by Gasteiger charge is 2.51. The Balaban J connectivity index is 1.37. The van der Waals surface area contributed by atoms with Gasteiger partial charge in [0.05, 0.1) is 29.8 Å². The van der Waals surface area contributed by atoms with Gasteiger partial charge < -0.3 is 14.7 Å². The largest absolute Gasteiger partial charge is 0.385 e. The summed E-state index contributed by atoms with van der Waals surface area (Å²) in [6.45, 7) is 2.71. The van der Waals surface area contributed by atoms with Crippen LogP contribution in [-0.4, -0.2) is 52.4 Å². The third-order valence-corrected chi connectivity index (χ3v) is 6.61. The van der Waals surface area contributed by atoms with E-state index in [9.17, 15) is 9.90 Å². The molecule has 5 rings (SSSR count). The average molecular weight is 376 g/mol. The van der Waals surface area contributed by atoms with Crippen LogP contribution >= 0.6 is 11.6 Å². The van der Waals surface area contributed by atoms with Crippen LogP contribution in [-0.2, 0) is 15.1 Å². The Morgan fingerprint density at radius 2 is 2.12 bits per heavy atom. The number of aromatic nitrogens is 2. The van der Waals surface area contributed by atoms with Gasteiger partial charge in [0.25, 0.3) is 0 Å². The molecule has 2 unspecified atom stereocenters. The number of amides is 1. The standard InChI is InChI=1S/C19H22ClN3O3/c20-14-3-16(15-7-21-22-17(15)4-14)19(25)5-12-8-23(9-13(12)6-19)18(24)11-1-2-26-10-11/h3-4,7,11-13,25H,1-2,5-6,8-10H2,(H,21,22)/t11?,12-,13+,19?. The summed E-state index contributed by atoms with van der Waals surface area (Å²) in [7, 11) is 0. The number of nitrogens with one attached hydrogen (secondary N) is 1. The van der Waals surface area contributed by atoms with E-state index in [2.05, 4.69) is 10.2 Å². The van der Waals surface area contributed by atoms with E-state index in [4.69, 9.17) is 16.3 Å².